The van der Waals surface area contributed by atoms with Crippen LogP contribution in [0.5, 0.6) is 0 Å². The van der Waals surface area contributed by atoms with Crippen LogP contribution in [0.2, 0.25) is 0 Å². The van der Waals surface area contributed by atoms with E-state index in [1.807, 2.05) is 19.9 Å². The number of hydrogen-bond donors (Lipinski definition) is 1. The summed E-state index contributed by atoms with van der Waals surface area (Å²) in [6.45, 7) is 7.61. The molecule has 0 bridgehead atoms. The Bertz CT molecular complexity index is 523. The predicted molar refractivity (Wildman–Crippen MR) is 67.0 cm³/mol. The smallest absolute Gasteiger partial charge is 0.249 e. The van der Waals surface area contributed by atoms with Crippen molar-refractivity contribution in [3.05, 3.63) is 23.3 Å². The van der Waals surface area contributed by atoms with E-state index in [1.165, 1.54) is 0 Å². The fourth-order valence-corrected chi connectivity index (χ4v) is 1.60. The van der Waals surface area contributed by atoms with E-state index in [1.54, 1.807) is 0 Å². The second-order valence-corrected chi connectivity index (χ2v) is 4.09. The Morgan fingerprint density at radius 1 is 1.17 bits per heavy atom. The molecule has 0 saturated carbocycles. The summed E-state index contributed by atoms with van der Waals surface area (Å²) in [6, 6.07) is 1.91. The van der Waals surface area contributed by atoms with Crippen molar-refractivity contribution < 1.29 is 4.42 Å². The van der Waals surface area contributed by atoms with Gasteiger partial charge in [-0.05, 0) is 26.5 Å². The molecule has 2 heterocycles. The van der Waals surface area contributed by atoms with Gasteiger partial charge < -0.3 is 9.73 Å². The zero-order chi connectivity index (χ0) is 13.0. The minimum absolute atomic E-state index is 0.511. The van der Waals surface area contributed by atoms with Gasteiger partial charge in [0.2, 0.25) is 11.8 Å². The zero-order valence-electron chi connectivity index (χ0n) is 10.9. The Morgan fingerprint density at radius 2 is 2.00 bits per heavy atom. The van der Waals surface area contributed by atoms with E-state index in [-0.39, 0.29) is 0 Å². The van der Waals surface area contributed by atoms with Crippen molar-refractivity contribution in [3.63, 3.8) is 0 Å². The van der Waals surface area contributed by atoms with Crippen LogP contribution in [0.25, 0.3) is 11.5 Å². The fourth-order valence-electron chi connectivity index (χ4n) is 1.60. The summed E-state index contributed by atoms with van der Waals surface area (Å²) in [5.41, 5.74) is 2.48. The number of aromatic nitrogens is 4. The summed E-state index contributed by atoms with van der Waals surface area (Å²) in [5.74, 6) is 1.15. The molecule has 6 nitrogen and oxygen atoms in total. The molecular weight excluding hydrogens is 230 g/mol. The molecular formula is C12H17N5O. The minimum Gasteiger partial charge on any atom is -0.421 e. The average Bonchev–Trinajstić information content (AvgIpc) is 2.81. The lowest BCUT2D eigenvalue weighted by Gasteiger charge is -2.00. The highest BCUT2D eigenvalue weighted by Crippen LogP contribution is 2.20. The highest BCUT2D eigenvalue weighted by molar-refractivity contribution is 5.55. The number of hydrogen-bond acceptors (Lipinski definition) is 6. The molecule has 0 aliphatic carbocycles. The monoisotopic (exact) mass is 247 g/mol. The molecule has 2 rings (SSSR count). The second-order valence-electron chi connectivity index (χ2n) is 4.09. The molecule has 18 heavy (non-hydrogen) atoms. The lowest BCUT2D eigenvalue weighted by molar-refractivity contribution is 0.496. The van der Waals surface area contributed by atoms with Gasteiger partial charge >= 0.3 is 0 Å². The molecule has 0 aliphatic heterocycles. The lowest BCUT2D eigenvalue weighted by atomic mass is 10.2. The normalized spacial score (nSPS) is 10.8. The number of nitrogens with one attached hydrogen (secondary N) is 1. The first kappa shape index (κ1) is 12.6. The Balaban J connectivity index is 2.16. The van der Waals surface area contributed by atoms with E-state index in [2.05, 4.69) is 32.6 Å². The number of aryl methyl sites for hydroxylation is 2. The fraction of sp³-hybridized carbons (Fsp3) is 0.500. The molecule has 0 amide bonds. The highest BCUT2D eigenvalue weighted by atomic mass is 16.4. The standard InChI is InChI=1S/C12H17N5O/c1-4-13-6-5-11-16-17-12(18-11)10-7-8(2)14-15-9(10)3/h7,13H,4-6H2,1-3H3. The molecule has 0 spiro atoms. The maximum absolute atomic E-state index is 5.62. The van der Waals surface area contributed by atoms with Gasteiger partial charge in [-0.15, -0.1) is 10.2 Å². The van der Waals surface area contributed by atoms with Crippen molar-refractivity contribution in [2.45, 2.75) is 27.2 Å². The van der Waals surface area contributed by atoms with E-state index >= 15 is 0 Å². The van der Waals surface area contributed by atoms with Gasteiger partial charge in [0.1, 0.15) is 0 Å². The molecule has 0 unspecified atom stereocenters. The molecule has 0 fully saturated rings. The van der Waals surface area contributed by atoms with Gasteiger partial charge in [-0.1, -0.05) is 6.92 Å². The van der Waals surface area contributed by atoms with E-state index in [0.29, 0.717) is 11.8 Å². The molecule has 1 N–H and O–H groups in total. The Labute approximate surface area is 106 Å². The van der Waals surface area contributed by atoms with Gasteiger partial charge in [0.15, 0.2) is 0 Å². The summed E-state index contributed by atoms with van der Waals surface area (Å²) in [4.78, 5) is 0. The van der Waals surface area contributed by atoms with Crippen molar-refractivity contribution in [1.29, 1.82) is 0 Å². The van der Waals surface area contributed by atoms with Gasteiger partial charge in [-0.25, -0.2) is 0 Å². The largest absolute Gasteiger partial charge is 0.421 e. The van der Waals surface area contributed by atoms with Crippen LogP contribution < -0.4 is 5.32 Å². The molecule has 0 aromatic carbocycles. The molecule has 2 aromatic heterocycles. The number of nitrogens with zero attached hydrogens (tertiary/aromatic N) is 4. The van der Waals surface area contributed by atoms with Crippen molar-refractivity contribution in [2.24, 2.45) is 0 Å². The first-order valence-corrected chi connectivity index (χ1v) is 6.05. The third kappa shape index (κ3) is 2.89. The van der Waals surface area contributed by atoms with E-state index < -0.39 is 0 Å². The summed E-state index contributed by atoms with van der Waals surface area (Å²) in [7, 11) is 0. The van der Waals surface area contributed by atoms with Crippen LogP contribution in [0, 0.1) is 13.8 Å². The molecule has 2 aromatic rings. The van der Waals surface area contributed by atoms with Gasteiger partial charge in [0, 0.05) is 13.0 Å². The maximum atomic E-state index is 5.62. The van der Waals surface area contributed by atoms with Crippen LogP contribution in [0.4, 0.5) is 0 Å². The van der Waals surface area contributed by atoms with Crippen molar-refractivity contribution in [1.82, 2.24) is 25.7 Å². The maximum Gasteiger partial charge on any atom is 0.249 e. The Kier molecular flexibility index (Phi) is 3.99. The second kappa shape index (κ2) is 5.68. The quantitative estimate of drug-likeness (QED) is 0.802. The molecule has 0 radical (unpaired) electrons. The summed E-state index contributed by atoms with van der Waals surface area (Å²) in [6.07, 6.45) is 0.734. The Hall–Kier alpha value is -1.82. The van der Waals surface area contributed by atoms with Gasteiger partial charge in [0.05, 0.1) is 17.0 Å². The SMILES string of the molecule is CCNCCc1nnc(-c2cc(C)nnc2C)o1. The van der Waals surface area contributed by atoms with Crippen LogP contribution >= 0.6 is 0 Å². The van der Waals surface area contributed by atoms with Gasteiger partial charge in [-0.3, -0.25) is 0 Å². The average molecular weight is 247 g/mol. The van der Waals surface area contributed by atoms with Crippen molar-refractivity contribution >= 4 is 0 Å². The van der Waals surface area contributed by atoms with Crippen LogP contribution in [0.3, 0.4) is 0 Å². The van der Waals surface area contributed by atoms with E-state index in [9.17, 15) is 0 Å². The summed E-state index contributed by atoms with van der Waals surface area (Å²) < 4.78 is 5.62. The van der Waals surface area contributed by atoms with Crippen LogP contribution in [-0.2, 0) is 6.42 Å². The van der Waals surface area contributed by atoms with E-state index in [4.69, 9.17) is 4.42 Å². The first-order valence-electron chi connectivity index (χ1n) is 6.05. The van der Waals surface area contributed by atoms with E-state index in [0.717, 1.165) is 36.5 Å². The van der Waals surface area contributed by atoms with Crippen molar-refractivity contribution in [3.8, 4) is 11.5 Å². The van der Waals surface area contributed by atoms with Gasteiger partial charge in [0.25, 0.3) is 0 Å². The highest BCUT2D eigenvalue weighted by Gasteiger charge is 2.12. The van der Waals surface area contributed by atoms with Crippen molar-refractivity contribution in [2.75, 3.05) is 13.1 Å². The number of likely N-dealkylation sites (N-methyl/N-ethyl adjacent to an activating group) is 1. The predicted octanol–water partition coefficient (Wildman–Crippen LogP) is 1.30. The third-order valence-corrected chi connectivity index (χ3v) is 2.56. The zero-order valence-corrected chi connectivity index (χ0v) is 10.9. The first-order chi connectivity index (χ1) is 8.70. The van der Waals surface area contributed by atoms with Crippen LogP contribution in [0.15, 0.2) is 10.5 Å². The molecule has 6 heteroatoms. The van der Waals surface area contributed by atoms with Gasteiger partial charge in [-0.2, -0.15) is 10.2 Å². The lowest BCUT2D eigenvalue weighted by Crippen LogP contribution is -2.16. The number of rotatable bonds is 5. The third-order valence-electron chi connectivity index (χ3n) is 2.56. The molecule has 96 valence electrons. The minimum atomic E-state index is 0.511. The molecule has 0 aliphatic rings. The molecule has 0 saturated heterocycles. The van der Waals surface area contributed by atoms with Crippen LogP contribution in [0.1, 0.15) is 24.2 Å². The van der Waals surface area contributed by atoms with Crippen LogP contribution in [-0.4, -0.2) is 33.5 Å². The summed E-state index contributed by atoms with van der Waals surface area (Å²) in [5, 5.41) is 19.3. The summed E-state index contributed by atoms with van der Waals surface area (Å²) >= 11 is 0. The Morgan fingerprint density at radius 3 is 2.78 bits per heavy atom. The topological polar surface area (TPSA) is 76.7 Å². The molecule has 0 atom stereocenters.